The largest absolute Gasteiger partial charge is 0.311 e. The summed E-state index contributed by atoms with van der Waals surface area (Å²) in [5.41, 5.74) is 9.64. The summed E-state index contributed by atoms with van der Waals surface area (Å²) in [5.74, 6) is 0. The lowest BCUT2D eigenvalue weighted by atomic mass is 10.1. The lowest BCUT2D eigenvalue weighted by Crippen LogP contribution is -2.12. The molecule has 0 radical (unpaired) electrons. The second-order valence-electron chi connectivity index (χ2n) is 9.28. The lowest BCUT2D eigenvalue weighted by molar-refractivity contribution is 0.111. The second-order valence-corrected chi connectivity index (χ2v) is 9.28. The van der Waals surface area contributed by atoms with Gasteiger partial charge in [-0.05, 0) is 111 Å². The summed E-state index contributed by atoms with van der Waals surface area (Å²) < 4.78 is 0. The number of anilines is 6. The Hall–Kier alpha value is -4.96. The molecule has 5 aromatic rings. The van der Waals surface area contributed by atoms with Crippen LogP contribution in [0.3, 0.4) is 0 Å². The van der Waals surface area contributed by atoms with Crippen LogP contribution in [0.5, 0.6) is 0 Å². The summed E-state index contributed by atoms with van der Waals surface area (Å²) in [6.07, 6.45) is 1.71. The fourth-order valence-corrected chi connectivity index (χ4v) is 4.44. The molecule has 0 bridgehead atoms. The van der Waals surface area contributed by atoms with Crippen molar-refractivity contribution in [3.05, 3.63) is 144 Å². The first-order valence-corrected chi connectivity index (χ1v) is 12.5. The molecule has 0 amide bonds. The number of aldehydes is 2. The van der Waals surface area contributed by atoms with Gasteiger partial charge in [-0.2, -0.15) is 0 Å². The van der Waals surface area contributed by atoms with Crippen LogP contribution in [0.1, 0.15) is 31.8 Å². The van der Waals surface area contributed by atoms with Gasteiger partial charge in [0.15, 0.2) is 0 Å². The maximum atomic E-state index is 11.2. The standard InChI is InChI=1S/C34H28N2O2/c1-25-3-11-29(12-4-25)35(31-15-7-27(23-37)8-16-31)33-19-21-34(22-20-33)36(30-13-5-26(2)6-14-30)32-17-9-28(24-38)10-18-32/h3-24H,1-2H3. The molecule has 4 nitrogen and oxygen atoms in total. The van der Waals surface area contributed by atoms with E-state index in [4.69, 9.17) is 0 Å². The zero-order chi connectivity index (χ0) is 26.5. The highest BCUT2D eigenvalue weighted by Crippen LogP contribution is 2.39. The van der Waals surface area contributed by atoms with Crippen molar-refractivity contribution in [1.82, 2.24) is 0 Å². The number of rotatable bonds is 8. The highest BCUT2D eigenvalue weighted by Gasteiger charge is 2.16. The minimum Gasteiger partial charge on any atom is -0.311 e. The van der Waals surface area contributed by atoms with Crippen molar-refractivity contribution in [1.29, 1.82) is 0 Å². The van der Waals surface area contributed by atoms with Crippen LogP contribution in [0, 0.1) is 13.8 Å². The van der Waals surface area contributed by atoms with Crippen molar-refractivity contribution < 1.29 is 9.59 Å². The van der Waals surface area contributed by atoms with Gasteiger partial charge in [-0.15, -0.1) is 0 Å². The van der Waals surface area contributed by atoms with Crippen molar-refractivity contribution in [3.63, 3.8) is 0 Å². The minimum absolute atomic E-state index is 0.641. The average molecular weight is 497 g/mol. The van der Waals surface area contributed by atoms with Crippen LogP contribution in [0.2, 0.25) is 0 Å². The van der Waals surface area contributed by atoms with Crippen molar-refractivity contribution >= 4 is 46.7 Å². The third kappa shape index (κ3) is 5.25. The Balaban J connectivity index is 1.57. The number of hydrogen-bond acceptors (Lipinski definition) is 4. The first-order valence-electron chi connectivity index (χ1n) is 12.5. The lowest BCUT2D eigenvalue weighted by Gasteiger charge is -2.28. The molecule has 0 spiro atoms. The van der Waals surface area contributed by atoms with Gasteiger partial charge in [-0.3, -0.25) is 9.59 Å². The maximum absolute atomic E-state index is 11.2. The summed E-state index contributed by atoms with van der Waals surface area (Å²) in [7, 11) is 0. The molecule has 5 aromatic carbocycles. The molecular formula is C34H28N2O2. The third-order valence-electron chi connectivity index (χ3n) is 6.53. The Labute approximate surface area is 223 Å². The molecule has 0 aliphatic heterocycles. The summed E-state index contributed by atoms with van der Waals surface area (Å²) in [4.78, 5) is 26.8. The minimum atomic E-state index is 0.641. The molecule has 186 valence electrons. The molecule has 0 heterocycles. The number of carbonyl (C=O) groups excluding carboxylic acids is 2. The topological polar surface area (TPSA) is 40.6 Å². The molecule has 5 rings (SSSR count). The second kappa shape index (κ2) is 11.0. The fourth-order valence-electron chi connectivity index (χ4n) is 4.44. The first-order chi connectivity index (χ1) is 18.6. The molecule has 0 saturated carbocycles. The molecule has 0 saturated heterocycles. The Kier molecular flexibility index (Phi) is 7.14. The van der Waals surface area contributed by atoms with Gasteiger partial charge < -0.3 is 9.80 Å². The molecule has 38 heavy (non-hydrogen) atoms. The molecule has 0 N–H and O–H groups in total. The molecule has 0 atom stereocenters. The van der Waals surface area contributed by atoms with E-state index in [1.165, 1.54) is 11.1 Å². The van der Waals surface area contributed by atoms with Crippen LogP contribution in [0.4, 0.5) is 34.1 Å². The van der Waals surface area contributed by atoms with Gasteiger partial charge in [0.25, 0.3) is 0 Å². The zero-order valence-corrected chi connectivity index (χ0v) is 21.4. The van der Waals surface area contributed by atoms with E-state index < -0.39 is 0 Å². The Morgan fingerprint density at radius 2 is 0.579 bits per heavy atom. The number of carbonyl (C=O) groups is 2. The highest BCUT2D eigenvalue weighted by atomic mass is 16.1. The SMILES string of the molecule is Cc1ccc(N(c2ccc(C=O)cc2)c2ccc(N(c3ccc(C)cc3)c3ccc(C=O)cc3)cc2)cc1. The van der Waals surface area contributed by atoms with Gasteiger partial charge in [0.1, 0.15) is 12.6 Å². The predicted octanol–water partition coefficient (Wildman–Crippen LogP) is 8.87. The van der Waals surface area contributed by atoms with E-state index in [-0.39, 0.29) is 0 Å². The molecule has 0 aliphatic rings. The van der Waals surface area contributed by atoms with Gasteiger partial charge in [0.05, 0.1) is 0 Å². The zero-order valence-electron chi connectivity index (χ0n) is 21.4. The predicted molar refractivity (Wildman–Crippen MR) is 156 cm³/mol. The van der Waals surface area contributed by atoms with Gasteiger partial charge in [0, 0.05) is 45.3 Å². The van der Waals surface area contributed by atoms with Crippen LogP contribution in [-0.4, -0.2) is 12.6 Å². The van der Waals surface area contributed by atoms with Crippen LogP contribution in [0.25, 0.3) is 0 Å². The molecular weight excluding hydrogens is 468 g/mol. The Morgan fingerprint density at radius 3 is 0.816 bits per heavy atom. The smallest absolute Gasteiger partial charge is 0.150 e. The maximum Gasteiger partial charge on any atom is 0.150 e. The van der Waals surface area contributed by atoms with Crippen molar-refractivity contribution in [2.24, 2.45) is 0 Å². The number of nitrogens with zero attached hydrogens (tertiary/aromatic N) is 2. The normalized spacial score (nSPS) is 10.6. The van der Waals surface area contributed by atoms with E-state index in [0.717, 1.165) is 46.7 Å². The summed E-state index contributed by atoms with van der Waals surface area (Å²) in [6, 6.07) is 40.4. The Bertz CT molecular complexity index is 1400. The van der Waals surface area contributed by atoms with Crippen molar-refractivity contribution in [2.75, 3.05) is 9.80 Å². The monoisotopic (exact) mass is 496 g/mol. The van der Waals surface area contributed by atoms with Gasteiger partial charge in [-0.25, -0.2) is 0 Å². The quantitative estimate of drug-likeness (QED) is 0.201. The first kappa shape index (κ1) is 24.7. The van der Waals surface area contributed by atoms with Gasteiger partial charge in [-0.1, -0.05) is 35.4 Å². The molecule has 0 fully saturated rings. The summed E-state index contributed by atoms with van der Waals surface area (Å²) in [6.45, 7) is 4.15. The van der Waals surface area contributed by atoms with E-state index in [1.54, 1.807) is 0 Å². The number of hydrogen-bond donors (Lipinski definition) is 0. The van der Waals surface area contributed by atoms with Gasteiger partial charge >= 0.3 is 0 Å². The van der Waals surface area contributed by atoms with E-state index in [1.807, 2.05) is 48.5 Å². The van der Waals surface area contributed by atoms with E-state index in [9.17, 15) is 9.59 Å². The molecule has 0 aliphatic carbocycles. The molecule has 0 aromatic heterocycles. The van der Waals surface area contributed by atoms with Crippen LogP contribution in [-0.2, 0) is 0 Å². The van der Waals surface area contributed by atoms with E-state index in [0.29, 0.717) is 11.1 Å². The Morgan fingerprint density at radius 1 is 0.368 bits per heavy atom. The van der Waals surface area contributed by atoms with Crippen LogP contribution < -0.4 is 9.80 Å². The fraction of sp³-hybridized carbons (Fsp3) is 0.0588. The van der Waals surface area contributed by atoms with Crippen molar-refractivity contribution in [2.45, 2.75) is 13.8 Å². The van der Waals surface area contributed by atoms with E-state index in [2.05, 4.69) is 96.4 Å². The van der Waals surface area contributed by atoms with Crippen molar-refractivity contribution in [3.8, 4) is 0 Å². The number of benzene rings is 5. The summed E-state index contributed by atoms with van der Waals surface area (Å²) >= 11 is 0. The van der Waals surface area contributed by atoms with Crippen LogP contribution in [0.15, 0.2) is 121 Å². The van der Waals surface area contributed by atoms with E-state index >= 15 is 0 Å². The van der Waals surface area contributed by atoms with Gasteiger partial charge in [0.2, 0.25) is 0 Å². The molecule has 0 unspecified atom stereocenters. The highest BCUT2D eigenvalue weighted by molar-refractivity contribution is 5.83. The average Bonchev–Trinajstić information content (AvgIpc) is 2.97. The van der Waals surface area contributed by atoms with Crippen LogP contribution >= 0.6 is 0 Å². The molecule has 4 heteroatoms. The number of aryl methyl sites for hydroxylation is 2. The third-order valence-corrected chi connectivity index (χ3v) is 6.53. The summed E-state index contributed by atoms with van der Waals surface area (Å²) in [5, 5.41) is 0.